The van der Waals surface area contributed by atoms with Crippen LogP contribution in [0.15, 0.2) is 11.6 Å². The van der Waals surface area contributed by atoms with E-state index in [1.54, 1.807) is 0 Å². The van der Waals surface area contributed by atoms with E-state index in [4.69, 9.17) is 0 Å². The molecule has 138 valence electrons. The number of aliphatic hydroxyl groups is 1. The Morgan fingerprint density at radius 1 is 1.16 bits per heavy atom. The van der Waals surface area contributed by atoms with E-state index in [-0.39, 0.29) is 29.1 Å². The minimum atomic E-state index is -0.299. The normalized spacial score (nSPS) is 45.2. The van der Waals surface area contributed by atoms with Gasteiger partial charge in [0.15, 0.2) is 11.6 Å². The Labute approximate surface area is 151 Å². The van der Waals surface area contributed by atoms with Crippen molar-refractivity contribution in [3.05, 3.63) is 11.6 Å². The fourth-order valence-corrected chi connectivity index (χ4v) is 7.14. The summed E-state index contributed by atoms with van der Waals surface area (Å²) >= 11 is 0. The summed E-state index contributed by atoms with van der Waals surface area (Å²) in [5.74, 6) is 3.01. The van der Waals surface area contributed by atoms with Crippen LogP contribution in [0.4, 0.5) is 0 Å². The number of aliphatic hydroxyl groups excluding tert-OH is 1. The standard InChI is InChI=1S/C22H32O3/c1-21(2)11-16-13(10-20(21)25)4-5-15-14(16)8-9-22(3)17(15)6-7-18(22)19(24)12-23/h10,14-18,23H,4-9,11-12H2,1-3H3/t14-,15+,16-,17-,18+,22-/m0/s1. The van der Waals surface area contributed by atoms with Crippen LogP contribution in [0.2, 0.25) is 0 Å². The Morgan fingerprint density at radius 2 is 1.92 bits per heavy atom. The van der Waals surface area contributed by atoms with Crippen molar-refractivity contribution in [3.63, 3.8) is 0 Å². The lowest BCUT2D eigenvalue weighted by molar-refractivity contribution is -0.132. The molecule has 6 atom stereocenters. The van der Waals surface area contributed by atoms with Gasteiger partial charge in [-0.05, 0) is 80.1 Å². The highest BCUT2D eigenvalue weighted by atomic mass is 16.3. The van der Waals surface area contributed by atoms with E-state index in [0.717, 1.165) is 32.1 Å². The van der Waals surface area contributed by atoms with Crippen LogP contribution >= 0.6 is 0 Å². The van der Waals surface area contributed by atoms with Crippen LogP contribution in [0, 0.1) is 40.4 Å². The summed E-state index contributed by atoms with van der Waals surface area (Å²) in [6.45, 7) is 6.22. The summed E-state index contributed by atoms with van der Waals surface area (Å²) in [6, 6.07) is 0. The van der Waals surface area contributed by atoms with Crippen molar-refractivity contribution in [2.45, 2.75) is 65.7 Å². The van der Waals surface area contributed by atoms with E-state index < -0.39 is 0 Å². The van der Waals surface area contributed by atoms with Crippen LogP contribution in [-0.4, -0.2) is 23.3 Å². The van der Waals surface area contributed by atoms with Crippen LogP contribution in [0.1, 0.15) is 65.7 Å². The third-order valence-corrected chi connectivity index (χ3v) is 8.51. The highest BCUT2D eigenvalue weighted by Gasteiger charge is 2.58. The molecule has 3 fully saturated rings. The van der Waals surface area contributed by atoms with Crippen molar-refractivity contribution in [1.82, 2.24) is 0 Å². The van der Waals surface area contributed by atoms with Gasteiger partial charge in [-0.25, -0.2) is 0 Å². The lowest BCUT2D eigenvalue weighted by Gasteiger charge is -2.55. The van der Waals surface area contributed by atoms with Crippen molar-refractivity contribution in [1.29, 1.82) is 0 Å². The van der Waals surface area contributed by atoms with Crippen LogP contribution in [0.25, 0.3) is 0 Å². The first kappa shape index (κ1) is 17.5. The summed E-state index contributed by atoms with van der Waals surface area (Å²) in [5.41, 5.74) is 1.28. The summed E-state index contributed by atoms with van der Waals surface area (Å²) in [6.07, 6.45) is 9.61. The molecule has 0 aromatic rings. The van der Waals surface area contributed by atoms with Gasteiger partial charge in [0.25, 0.3) is 0 Å². The van der Waals surface area contributed by atoms with Crippen LogP contribution in [-0.2, 0) is 9.59 Å². The second kappa shape index (κ2) is 5.77. The van der Waals surface area contributed by atoms with Crippen LogP contribution < -0.4 is 0 Å². The first-order valence-electron chi connectivity index (χ1n) is 10.2. The van der Waals surface area contributed by atoms with E-state index >= 15 is 0 Å². The number of carbonyl (C=O) groups is 2. The van der Waals surface area contributed by atoms with Gasteiger partial charge in [0.1, 0.15) is 6.61 Å². The first-order valence-corrected chi connectivity index (χ1v) is 10.2. The van der Waals surface area contributed by atoms with Gasteiger partial charge in [0.05, 0.1) is 0 Å². The molecule has 3 nitrogen and oxygen atoms in total. The molecule has 0 bridgehead atoms. The average Bonchev–Trinajstić information content (AvgIpc) is 2.92. The number of fused-ring (bicyclic) bond motifs is 5. The molecular weight excluding hydrogens is 312 g/mol. The largest absolute Gasteiger partial charge is 0.389 e. The average molecular weight is 344 g/mol. The monoisotopic (exact) mass is 344 g/mol. The van der Waals surface area contributed by atoms with E-state index in [1.165, 1.54) is 18.4 Å². The van der Waals surface area contributed by atoms with E-state index in [0.29, 0.717) is 29.5 Å². The number of Topliss-reactive ketones (excluding diaryl/α,β-unsaturated/α-hetero) is 1. The van der Waals surface area contributed by atoms with Gasteiger partial charge < -0.3 is 5.11 Å². The lowest BCUT2D eigenvalue weighted by Crippen LogP contribution is -2.49. The van der Waals surface area contributed by atoms with Gasteiger partial charge in [-0.15, -0.1) is 0 Å². The third kappa shape index (κ3) is 2.49. The zero-order valence-corrected chi connectivity index (χ0v) is 15.9. The van der Waals surface area contributed by atoms with Crippen molar-refractivity contribution in [2.75, 3.05) is 6.61 Å². The summed E-state index contributed by atoms with van der Waals surface area (Å²) in [4.78, 5) is 24.7. The van der Waals surface area contributed by atoms with Crippen molar-refractivity contribution in [3.8, 4) is 0 Å². The predicted molar refractivity (Wildman–Crippen MR) is 96.8 cm³/mol. The number of ketones is 2. The Hall–Kier alpha value is -0.960. The number of rotatable bonds is 2. The Kier molecular flexibility index (Phi) is 4.03. The maximum Gasteiger partial charge on any atom is 0.161 e. The summed E-state index contributed by atoms with van der Waals surface area (Å²) in [5, 5.41) is 9.38. The SMILES string of the molecule is CC1(C)C[C@H]2C(=CC1=O)CC[C@@H]1[C@@H]2CC[C@]2(C)[C@@H](C(=O)CO)CC[C@@H]12. The Balaban J connectivity index is 1.62. The fourth-order valence-electron chi connectivity index (χ4n) is 7.14. The predicted octanol–water partition coefficient (Wildman–Crippen LogP) is 3.94. The van der Waals surface area contributed by atoms with Gasteiger partial charge in [-0.1, -0.05) is 26.3 Å². The third-order valence-electron chi connectivity index (χ3n) is 8.51. The molecule has 4 aliphatic carbocycles. The fraction of sp³-hybridized carbons (Fsp3) is 0.818. The molecule has 0 aromatic carbocycles. The van der Waals surface area contributed by atoms with Crippen molar-refractivity contribution in [2.24, 2.45) is 40.4 Å². The topological polar surface area (TPSA) is 54.4 Å². The molecule has 0 amide bonds. The van der Waals surface area contributed by atoms with Gasteiger partial charge in [0.2, 0.25) is 0 Å². The zero-order chi connectivity index (χ0) is 18.0. The molecule has 0 unspecified atom stereocenters. The second-order valence-electron chi connectivity index (χ2n) is 10.0. The summed E-state index contributed by atoms with van der Waals surface area (Å²) in [7, 11) is 0. The number of hydrogen-bond donors (Lipinski definition) is 1. The van der Waals surface area contributed by atoms with Gasteiger partial charge in [-0.2, -0.15) is 0 Å². The maximum atomic E-state index is 12.4. The highest BCUT2D eigenvalue weighted by Crippen LogP contribution is 2.64. The molecule has 4 rings (SSSR count). The minimum Gasteiger partial charge on any atom is -0.389 e. The van der Waals surface area contributed by atoms with Gasteiger partial charge >= 0.3 is 0 Å². The molecule has 25 heavy (non-hydrogen) atoms. The zero-order valence-electron chi connectivity index (χ0n) is 15.9. The first-order chi connectivity index (χ1) is 11.8. The quantitative estimate of drug-likeness (QED) is 0.825. The number of hydrogen-bond acceptors (Lipinski definition) is 3. The lowest BCUT2D eigenvalue weighted by atomic mass is 9.50. The smallest absolute Gasteiger partial charge is 0.161 e. The van der Waals surface area contributed by atoms with E-state index in [1.807, 2.05) is 6.08 Å². The molecule has 1 N–H and O–H groups in total. The van der Waals surface area contributed by atoms with E-state index in [2.05, 4.69) is 20.8 Å². The highest BCUT2D eigenvalue weighted by molar-refractivity contribution is 5.96. The molecule has 0 spiro atoms. The van der Waals surface area contributed by atoms with Crippen molar-refractivity contribution < 1.29 is 14.7 Å². The minimum absolute atomic E-state index is 0.0595. The summed E-state index contributed by atoms with van der Waals surface area (Å²) < 4.78 is 0. The van der Waals surface area contributed by atoms with Crippen molar-refractivity contribution >= 4 is 11.6 Å². The molecule has 3 heteroatoms. The van der Waals surface area contributed by atoms with Gasteiger partial charge in [-0.3, -0.25) is 9.59 Å². The van der Waals surface area contributed by atoms with Crippen LogP contribution in [0.5, 0.6) is 0 Å². The molecule has 0 aromatic heterocycles. The molecular formula is C22H32O3. The molecule has 4 aliphatic rings. The Morgan fingerprint density at radius 3 is 2.64 bits per heavy atom. The maximum absolute atomic E-state index is 12.4. The molecule has 0 saturated heterocycles. The number of allylic oxidation sites excluding steroid dienone is 1. The number of carbonyl (C=O) groups excluding carboxylic acids is 2. The Bertz CT molecular complexity index is 631. The van der Waals surface area contributed by atoms with Gasteiger partial charge in [0, 0.05) is 11.3 Å². The molecule has 0 heterocycles. The molecule has 0 radical (unpaired) electrons. The molecule has 3 saturated carbocycles. The van der Waals surface area contributed by atoms with Crippen LogP contribution in [0.3, 0.4) is 0 Å². The second-order valence-corrected chi connectivity index (χ2v) is 10.0. The van der Waals surface area contributed by atoms with E-state index in [9.17, 15) is 14.7 Å². The molecule has 0 aliphatic heterocycles.